The van der Waals surface area contributed by atoms with Gasteiger partial charge in [0.25, 0.3) is 0 Å². The summed E-state index contributed by atoms with van der Waals surface area (Å²) in [5.74, 6) is 0. The minimum atomic E-state index is 0.229. The van der Waals surface area contributed by atoms with E-state index in [1.165, 1.54) is 12.8 Å². The maximum Gasteiger partial charge on any atom is -0.0107 e. The average molecular weight is 279 g/mol. The highest BCUT2D eigenvalue weighted by Crippen LogP contribution is 2.42. The van der Waals surface area contributed by atoms with Crippen molar-refractivity contribution in [2.75, 3.05) is 0 Å². The first-order valence-corrected chi connectivity index (χ1v) is 8.08. The highest BCUT2D eigenvalue weighted by atomic mass is 14.3. The molecule has 2 radical (unpaired) electrons. The molecule has 20 heavy (non-hydrogen) atoms. The van der Waals surface area contributed by atoms with Gasteiger partial charge in [0.1, 0.15) is 0 Å². The van der Waals surface area contributed by atoms with Gasteiger partial charge < -0.3 is 0 Å². The largest absolute Gasteiger partial charge is 0.0607 e. The van der Waals surface area contributed by atoms with E-state index in [4.69, 9.17) is 6.58 Å². The molecule has 0 fully saturated rings. The molecule has 0 amide bonds. The maximum absolute atomic E-state index is 8.42. The lowest BCUT2D eigenvalue weighted by Gasteiger charge is -2.36. The van der Waals surface area contributed by atoms with Gasteiger partial charge in [0.15, 0.2) is 0 Å². The van der Waals surface area contributed by atoms with Crippen LogP contribution < -0.4 is 0 Å². The molecule has 0 aliphatic rings. The summed E-state index contributed by atoms with van der Waals surface area (Å²) in [5.41, 5.74) is 2.06. The predicted molar refractivity (Wildman–Crippen MR) is 91.7 cm³/mol. The van der Waals surface area contributed by atoms with Crippen molar-refractivity contribution in [2.45, 2.75) is 94.9 Å². The third-order valence-electron chi connectivity index (χ3n) is 3.40. The van der Waals surface area contributed by atoms with Crippen molar-refractivity contribution in [1.82, 2.24) is 0 Å². The van der Waals surface area contributed by atoms with E-state index in [-0.39, 0.29) is 10.8 Å². The van der Waals surface area contributed by atoms with Crippen LogP contribution in [-0.4, -0.2) is 0 Å². The molecule has 0 aromatic heterocycles. The van der Waals surface area contributed by atoms with Crippen LogP contribution in [0.1, 0.15) is 94.9 Å². The zero-order chi connectivity index (χ0) is 16.4. The lowest BCUT2D eigenvalue weighted by molar-refractivity contribution is 0.189. The first-order chi connectivity index (χ1) is 8.52. The third kappa shape index (κ3) is 10.5. The van der Waals surface area contributed by atoms with Crippen LogP contribution in [0.4, 0.5) is 0 Å². The van der Waals surface area contributed by atoms with Crippen LogP contribution in [0, 0.1) is 28.2 Å². The van der Waals surface area contributed by atoms with Crippen LogP contribution in [0.15, 0.2) is 5.57 Å². The Morgan fingerprint density at radius 1 is 0.600 bits per heavy atom. The SMILES string of the molecule is [C]=C(CC(C)(C)CC(C)(C)C)CC(C)(C)CC(C)(C)C. The maximum atomic E-state index is 8.42. The molecule has 118 valence electrons. The Hall–Kier alpha value is -0.260. The van der Waals surface area contributed by atoms with Crippen molar-refractivity contribution in [3.05, 3.63) is 12.2 Å². The molecule has 0 aromatic rings. The molecule has 0 aliphatic carbocycles. The van der Waals surface area contributed by atoms with Gasteiger partial charge in [-0.05, 0) is 53.9 Å². The monoisotopic (exact) mass is 278 g/mol. The summed E-state index contributed by atoms with van der Waals surface area (Å²) in [7, 11) is 0. The Morgan fingerprint density at radius 3 is 1.05 bits per heavy atom. The van der Waals surface area contributed by atoms with E-state index in [0.717, 1.165) is 18.4 Å². The van der Waals surface area contributed by atoms with E-state index < -0.39 is 0 Å². The van der Waals surface area contributed by atoms with Gasteiger partial charge in [0, 0.05) is 0 Å². The van der Waals surface area contributed by atoms with Gasteiger partial charge in [0.2, 0.25) is 0 Å². The second kappa shape index (κ2) is 6.24. The molecule has 0 unspecified atom stereocenters. The molecule has 0 rings (SSSR count). The van der Waals surface area contributed by atoms with Gasteiger partial charge in [-0.1, -0.05) is 74.8 Å². The van der Waals surface area contributed by atoms with Crippen LogP contribution in [0.25, 0.3) is 0 Å². The summed E-state index contributed by atoms with van der Waals surface area (Å²) in [6.07, 6.45) is 4.19. The van der Waals surface area contributed by atoms with Crippen LogP contribution in [0.5, 0.6) is 0 Å². The van der Waals surface area contributed by atoms with Crippen molar-refractivity contribution in [1.29, 1.82) is 0 Å². The number of hydrogen-bond donors (Lipinski definition) is 0. The third-order valence-corrected chi connectivity index (χ3v) is 3.40. The number of hydrogen-bond acceptors (Lipinski definition) is 0. The molecule has 0 nitrogen and oxygen atoms in total. The summed E-state index contributed by atoms with van der Waals surface area (Å²) < 4.78 is 0. The smallest absolute Gasteiger partial charge is 0.0107 e. The van der Waals surface area contributed by atoms with Gasteiger partial charge in [-0.3, -0.25) is 0 Å². The Bertz CT molecular complexity index is 283. The van der Waals surface area contributed by atoms with Crippen LogP contribution in [-0.2, 0) is 0 Å². The lowest BCUT2D eigenvalue weighted by Crippen LogP contribution is -2.24. The van der Waals surface area contributed by atoms with Gasteiger partial charge in [0.05, 0.1) is 0 Å². The van der Waals surface area contributed by atoms with Gasteiger partial charge >= 0.3 is 0 Å². The topological polar surface area (TPSA) is 0 Å². The van der Waals surface area contributed by atoms with E-state index in [0.29, 0.717) is 10.8 Å². The molecular weight excluding hydrogens is 240 g/mol. The molecule has 0 saturated heterocycles. The molecule has 0 aromatic carbocycles. The van der Waals surface area contributed by atoms with Crippen LogP contribution in [0.2, 0.25) is 0 Å². The van der Waals surface area contributed by atoms with E-state index in [1.807, 2.05) is 0 Å². The molecule has 0 heterocycles. The van der Waals surface area contributed by atoms with Crippen molar-refractivity contribution < 1.29 is 0 Å². The number of allylic oxidation sites excluding steroid dienone is 1. The molecular formula is C20H38. The minimum Gasteiger partial charge on any atom is -0.0607 e. The van der Waals surface area contributed by atoms with Crippen LogP contribution >= 0.6 is 0 Å². The lowest BCUT2D eigenvalue weighted by atomic mass is 9.69. The summed E-state index contributed by atoms with van der Waals surface area (Å²) in [5, 5.41) is 0. The summed E-state index contributed by atoms with van der Waals surface area (Å²) in [6, 6.07) is 0. The summed E-state index contributed by atoms with van der Waals surface area (Å²) in [4.78, 5) is 0. The second-order valence-electron chi connectivity index (χ2n) is 10.8. The molecule has 0 spiro atoms. The van der Waals surface area contributed by atoms with Crippen molar-refractivity contribution in [3.8, 4) is 0 Å². The highest BCUT2D eigenvalue weighted by Gasteiger charge is 2.30. The Balaban J connectivity index is 4.56. The van der Waals surface area contributed by atoms with E-state index >= 15 is 0 Å². The molecule has 0 atom stereocenters. The van der Waals surface area contributed by atoms with E-state index in [1.54, 1.807) is 0 Å². The van der Waals surface area contributed by atoms with Crippen molar-refractivity contribution in [3.63, 3.8) is 0 Å². The Kier molecular flexibility index (Phi) is 6.16. The normalized spacial score (nSPS) is 14.5. The van der Waals surface area contributed by atoms with E-state index in [2.05, 4.69) is 69.2 Å². The summed E-state index contributed by atoms with van der Waals surface area (Å²) >= 11 is 0. The standard InChI is InChI=1S/C20H38/c1-16(12-19(8,9)14-17(2,3)4)13-20(10,11)15-18(5,6)7/h12-15H2,2-11H3. The van der Waals surface area contributed by atoms with Crippen molar-refractivity contribution in [2.24, 2.45) is 21.7 Å². The van der Waals surface area contributed by atoms with Crippen LogP contribution in [0.3, 0.4) is 0 Å². The Labute approximate surface area is 129 Å². The van der Waals surface area contributed by atoms with Gasteiger partial charge in [-0.2, -0.15) is 0 Å². The quantitative estimate of drug-likeness (QED) is 0.494. The van der Waals surface area contributed by atoms with Gasteiger partial charge in [-0.25, -0.2) is 0 Å². The highest BCUT2D eigenvalue weighted by molar-refractivity contribution is 5.01. The first kappa shape index (κ1) is 19.7. The number of rotatable bonds is 6. The molecule has 0 aliphatic heterocycles. The fraction of sp³-hybridized carbons (Fsp3) is 0.900. The molecule has 0 bridgehead atoms. The average Bonchev–Trinajstić information content (AvgIpc) is 1.86. The zero-order valence-electron chi connectivity index (χ0n) is 15.8. The fourth-order valence-corrected chi connectivity index (χ4v) is 4.21. The van der Waals surface area contributed by atoms with Crippen molar-refractivity contribution >= 4 is 0 Å². The fourth-order valence-electron chi connectivity index (χ4n) is 4.21. The minimum absolute atomic E-state index is 0.229. The summed E-state index contributed by atoms with van der Waals surface area (Å²) in [6.45, 7) is 31.4. The molecule has 0 N–H and O–H groups in total. The second-order valence-corrected chi connectivity index (χ2v) is 10.8. The van der Waals surface area contributed by atoms with Gasteiger partial charge in [-0.15, -0.1) is 0 Å². The first-order valence-electron chi connectivity index (χ1n) is 8.08. The predicted octanol–water partition coefficient (Wildman–Crippen LogP) is 6.93. The molecule has 0 saturated carbocycles. The molecule has 0 heteroatoms. The van der Waals surface area contributed by atoms with E-state index in [9.17, 15) is 0 Å². The Morgan fingerprint density at radius 2 is 0.850 bits per heavy atom. The zero-order valence-corrected chi connectivity index (χ0v) is 15.8.